The van der Waals surface area contributed by atoms with E-state index in [0.29, 0.717) is 18.7 Å². The van der Waals surface area contributed by atoms with Crippen LogP contribution < -0.4 is 11.1 Å². The third-order valence-electron chi connectivity index (χ3n) is 6.70. The van der Waals surface area contributed by atoms with Gasteiger partial charge in [-0.2, -0.15) is 5.06 Å². The van der Waals surface area contributed by atoms with Crippen molar-refractivity contribution in [1.29, 1.82) is 0 Å². The largest absolute Gasteiger partial charge is 0.393 e. The number of aliphatic hydroxyl groups is 1. The molecule has 0 unspecified atom stereocenters. The molecule has 2 saturated heterocycles. The minimum Gasteiger partial charge on any atom is -0.393 e. The van der Waals surface area contributed by atoms with Crippen molar-refractivity contribution in [2.45, 2.75) is 38.5 Å². The number of amides is 2. The molecule has 0 aromatic heterocycles. The van der Waals surface area contributed by atoms with Crippen LogP contribution in [-0.4, -0.2) is 71.8 Å². The zero-order valence-electron chi connectivity index (χ0n) is 19.7. The van der Waals surface area contributed by atoms with Crippen molar-refractivity contribution in [3.63, 3.8) is 0 Å². The van der Waals surface area contributed by atoms with Crippen LogP contribution in [0.4, 0.5) is 0 Å². The van der Waals surface area contributed by atoms with E-state index in [1.165, 1.54) is 12.8 Å². The molecular weight excluding hydrogens is 432 g/mol. The number of nitrogens with one attached hydrogen (secondary N) is 1. The van der Waals surface area contributed by atoms with Crippen molar-refractivity contribution in [3.8, 4) is 11.1 Å². The van der Waals surface area contributed by atoms with Crippen LogP contribution >= 0.6 is 0 Å². The highest BCUT2D eigenvalue weighted by atomic mass is 16.7. The summed E-state index contributed by atoms with van der Waals surface area (Å²) in [7, 11) is 0. The Morgan fingerprint density at radius 1 is 1.15 bits per heavy atom. The topological polar surface area (TPSA) is 108 Å². The number of benzene rings is 2. The minimum atomic E-state index is -0.696. The molecular formula is C26H34N4O4. The number of hydrogen-bond donors (Lipinski definition) is 3. The average Bonchev–Trinajstić information content (AvgIpc) is 3.49. The average molecular weight is 467 g/mol. The number of nitrogens with two attached hydrogens (primary N) is 1. The Morgan fingerprint density at radius 2 is 1.85 bits per heavy atom. The Hall–Kier alpha value is -2.78. The van der Waals surface area contributed by atoms with Gasteiger partial charge >= 0.3 is 0 Å². The van der Waals surface area contributed by atoms with E-state index < -0.39 is 18.1 Å². The van der Waals surface area contributed by atoms with Crippen LogP contribution in [0.2, 0.25) is 0 Å². The normalized spacial score (nSPS) is 22.1. The van der Waals surface area contributed by atoms with Crippen molar-refractivity contribution in [2.24, 2.45) is 11.7 Å². The van der Waals surface area contributed by atoms with E-state index >= 15 is 0 Å². The lowest BCUT2D eigenvalue weighted by atomic mass is 9.95. The van der Waals surface area contributed by atoms with Crippen molar-refractivity contribution >= 4 is 11.8 Å². The van der Waals surface area contributed by atoms with Crippen LogP contribution in [0.5, 0.6) is 0 Å². The predicted octanol–water partition coefficient (Wildman–Crippen LogP) is 1.78. The van der Waals surface area contributed by atoms with Crippen LogP contribution in [0.25, 0.3) is 11.1 Å². The van der Waals surface area contributed by atoms with Gasteiger partial charge in [-0.3, -0.25) is 14.4 Å². The third kappa shape index (κ3) is 5.82. The monoisotopic (exact) mass is 466 g/mol. The predicted molar refractivity (Wildman–Crippen MR) is 130 cm³/mol. The number of rotatable bonds is 9. The molecule has 8 nitrogen and oxygen atoms in total. The second-order valence-electron chi connectivity index (χ2n) is 9.21. The summed E-state index contributed by atoms with van der Waals surface area (Å²) in [6.07, 6.45) is 1.78. The van der Waals surface area contributed by atoms with Crippen LogP contribution in [0.1, 0.15) is 35.7 Å². The lowest BCUT2D eigenvalue weighted by Crippen LogP contribution is -2.45. The first-order chi connectivity index (χ1) is 16.4. The molecule has 0 radical (unpaired) electrons. The molecule has 4 rings (SSSR count). The second-order valence-corrected chi connectivity index (χ2v) is 9.21. The molecule has 0 aliphatic carbocycles. The molecule has 0 spiro atoms. The van der Waals surface area contributed by atoms with E-state index in [0.717, 1.165) is 36.3 Å². The maximum absolute atomic E-state index is 12.7. The Labute approximate surface area is 200 Å². The Balaban J connectivity index is 1.42. The first-order valence-electron chi connectivity index (χ1n) is 12.0. The minimum absolute atomic E-state index is 0.0730. The van der Waals surface area contributed by atoms with Gasteiger partial charge in [-0.05, 0) is 67.7 Å². The molecule has 2 heterocycles. The molecule has 2 aliphatic rings. The van der Waals surface area contributed by atoms with Gasteiger partial charge in [0.1, 0.15) is 6.04 Å². The molecule has 34 heavy (non-hydrogen) atoms. The van der Waals surface area contributed by atoms with E-state index in [1.54, 1.807) is 12.0 Å². The highest BCUT2D eigenvalue weighted by molar-refractivity contribution is 5.95. The van der Waals surface area contributed by atoms with Gasteiger partial charge in [0.15, 0.2) is 0 Å². The maximum atomic E-state index is 12.7. The fourth-order valence-corrected chi connectivity index (χ4v) is 4.77. The highest BCUT2D eigenvalue weighted by Crippen LogP contribution is 2.28. The van der Waals surface area contributed by atoms with Gasteiger partial charge in [0.25, 0.3) is 5.91 Å². The smallest absolute Gasteiger partial charge is 0.251 e. The lowest BCUT2D eigenvalue weighted by Gasteiger charge is -2.24. The summed E-state index contributed by atoms with van der Waals surface area (Å²) in [5, 5.41) is 14.6. The molecule has 0 bridgehead atoms. The molecule has 2 fully saturated rings. The molecule has 3 atom stereocenters. The third-order valence-corrected chi connectivity index (χ3v) is 6.70. The van der Waals surface area contributed by atoms with Gasteiger partial charge in [-0.25, -0.2) is 0 Å². The van der Waals surface area contributed by atoms with Crippen molar-refractivity contribution < 1.29 is 19.5 Å². The van der Waals surface area contributed by atoms with E-state index in [1.807, 2.05) is 48.5 Å². The van der Waals surface area contributed by atoms with Gasteiger partial charge in [0.2, 0.25) is 5.91 Å². The second kappa shape index (κ2) is 11.1. The van der Waals surface area contributed by atoms with Crippen LogP contribution in [-0.2, 0) is 16.2 Å². The summed E-state index contributed by atoms with van der Waals surface area (Å²) in [6.45, 7) is 6.01. The fraction of sp³-hybridized carbons (Fsp3) is 0.462. The quantitative estimate of drug-likeness (QED) is 0.520. The van der Waals surface area contributed by atoms with E-state index in [9.17, 15) is 14.7 Å². The molecule has 2 aromatic rings. The SMILES string of the molecule is C[C@H](O)[C@@H]1CON(Cc2cccc(-c3cccc(C(=O)NCCN4CCCC4)c3)c2)[C@@H]1C(N)=O. The van der Waals surface area contributed by atoms with Crippen LogP contribution in [0, 0.1) is 5.92 Å². The van der Waals surface area contributed by atoms with E-state index in [2.05, 4.69) is 10.2 Å². The van der Waals surface area contributed by atoms with Gasteiger partial charge < -0.3 is 21.1 Å². The molecule has 2 amide bonds. The number of likely N-dealkylation sites (tertiary alicyclic amines) is 1. The van der Waals surface area contributed by atoms with Gasteiger partial charge in [-0.1, -0.05) is 30.3 Å². The van der Waals surface area contributed by atoms with Crippen molar-refractivity contribution in [1.82, 2.24) is 15.3 Å². The number of aliphatic hydroxyl groups excluding tert-OH is 1. The maximum Gasteiger partial charge on any atom is 0.251 e. The number of hydroxylamine groups is 2. The summed E-state index contributed by atoms with van der Waals surface area (Å²) >= 11 is 0. The molecule has 2 aromatic carbocycles. The summed E-state index contributed by atoms with van der Waals surface area (Å²) in [5.41, 5.74) is 9.06. The van der Waals surface area contributed by atoms with Crippen molar-refractivity contribution in [3.05, 3.63) is 59.7 Å². The summed E-state index contributed by atoms with van der Waals surface area (Å²) in [6, 6.07) is 14.8. The van der Waals surface area contributed by atoms with Crippen LogP contribution in [0.15, 0.2) is 48.5 Å². The van der Waals surface area contributed by atoms with Gasteiger partial charge in [0, 0.05) is 24.6 Å². The zero-order valence-corrected chi connectivity index (χ0v) is 19.7. The summed E-state index contributed by atoms with van der Waals surface area (Å²) in [4.78, 5) is 32.7. The number of nitrogens with zero attached hydrogens (tertiary/aromatic N) is 2. The standard InChI is InChI=1S/C26H34N4O4/c1-18(31)23-17-34-30(24(23)25(27)32)16-19-6-4-7-20(14-19)21-8-5-9-22(15-21)26(33)28-10-13-29-11-2-3-12-29/h4-9,14-15,18,23-24,31H,2-3,10-13,16-17H2,1H3,(H2,27,32)(H,28,33)/t18-,23-,24-/m0/s1. The van der Waals surface area contributed by atoms with E-state index in [4.69, 9.17) is 10.6 Å². The lowest BCUT2D eigenvalue weighted by molar-refractivity contribution is -0.155. The number of primary amides is 1. The Morgan fingerprint density at radius 3 is 2.56 bits per heavy atom. The van der Waals surface area contributed by atoms with Crippen LogP contribution in [0.3, 0.4) is 0 Å². The first kappa shape index (κ1) is 24.3. The fourth-order valence-electron chi connectivity index (χ4n) is 4.77. The Bertz CT molecular complexity index is 1010. The molecule has 2 aliphatic heterocycles. The van der Waals surface area contributed by atoms with E-state index in [-0.39, 0.29) is 18.4 Å². The zero-order chi connectivity index (χ0) is 24.1. The highest BCUT2D eigenvalue weighted by Gasteiger charge is 2.42. The summed E-state index contributed by atoms with van der Waals surface area (Å²) < 4.78 is 0. The summed E-state index contributed by atoms with van der Waals surface area (Å²) in [5.74, 6) is -0.944. The van der Waals surface area contributed by atoms with Gasteiger partial charge in [-0.15, -0.1) is 0 Å². The molecule has 182 valence electrons. The van der Waals surface area contributed by atoms with Gasteiger partial charge in [0.05, 0.1) is 19.3 Å². The number of carbonyl (C=O) groups is 2. The molecule has 0 saturated carbocycles. The molecule has 4 N–H and O–H groups in total. The first-order valence-corrected chi connectivity index (χ1v) is 12.0. The Kier molecular flexibility index (Phi) is 7.95. The molecule has 8 heteroatoms. The van der Waals surface area contributed by atoms with Crippen molar-refractivity contribution in [2.75, 3.05) is 32.8 Å². The number of hydrogen-bond acceptors (Lipinski definition) is 6. The number of carbonyl (C=O) groups excluding carboxylic acids is 2.